The third kappa shape index (κ3) is 3.93. The van der Waals surface area contributed by atoms with Crippen molar-refractivity contribution < 1.29 is 19.1 Å². The highest BCUT2D eigenvalue weighted by molar-refractivity contribution is 7.17. The van der Waals surface area contributed by atoms with Gasteiger partial charge in [-0.3, -0.25) is 4.79 Å². The number of rotatable bonds is 5. The molecule has 0 spiro atoms. The summed E-state index contributed by atoms with van der Waals surface area (Å²) in [5, 5.41) is 3.88. The Kier molecular flexibility index (Phi) is 5.79. The number of carbonyl (C=O) groups is 2. The molecule has 0 aliphatic heterocycles. The zero-order valence-corrected chi connectivity index (χ0v) is 18.1. The Morgan fingerprint density at radius 2 is 1.93 bits per heavy atom. The molecule has 5 nitrogen and oxygen atoms in total. The molecule has 1 unspecified atom stereocenters. The molecule has 0 saturated heterocycles. The lowest BCUT2D eigenvalue weighted by Gasteiger charge is -2.17. The number of hydrogen-bond donors (Lipinski definition) is 1. The van der Waals surface area contributed by atoms with Crippen molar-refractivity contribution in [3.05, 3.63) is 69.6 Å². The summed E-state index contributed by atoms with van der Waals surface area (Å²) in [6.45, 7) is 1.65. The number of thiophene rings is 1. The quantitative estimate of drug-likeness (QED) is 0.541. The summed E-state index contributed by atoms with van der Waals surface area (Å²) >= 11 is 7.39. The largest absolute Gasteiger partial charge is 0.481 e. The van der Waals surface area contributed by atoms with Crippen LogP contribution in [0.25, 0.3) is 11.1 Å². The third-order valence-electron chi connectivity index (χ3n) is 4.99. The number of esters is 1. The van der Waals surface area contributed by atoms with Crippen molar-refractivity contribution in [2.24, 2.45) is 0 Å². The fourth-order valence-electron chi connectivity index (χ4n) is 3.57. The lowest BCUT2D eigenvalue weighted by molar-refractivity contribution is -0.122. The van der Waals surface area contributed by atoms with Crippen LogP contribution < -0.4 is 10.1 Å². The molecular formula is C23H20ClNO4S. The number of aryl methyl sites for hydroxylation is 2. The summed E-state index contributed by atoms with van der Waals surface area (Å²) in [6, 6.07) is 14.9. The Morgan fingerprint density at radius 3 is 2.70 bits per heavy atom. The number of carbonyl (C=O) groups excluding carboxylic acids is 2. The van der Waals surface area contributed by atoms with E-state index in [4.69, 9.17) is 21.1 Å². The van der Waals surface area contributed by atoms with E-state index >= 15 is 0 Å². The first-order valence-corrected chi connectivity index (χ1v) is 10.7. The Labute approximate surface area is 183 Å². The predicted octanol–water partition coefficient (Wildman–Crippen LogP) is 5.36. The molecule has 1 atom stereocenters. The van der Waals surface area contributed by atoms with Crippen molar-refractivity contribution in [2.75, 3.05) is 12.4 Å². The maximum Gasteiger partial charge on any atom is 0.341 e. The molecule has 4 rings (SSSR count). The summed E-state index contributed by atoms with van der Waals surface area (Å²) in [5.74, 6) is -0.326. The van der Waals surface area contributed by atoms with Crippen LogP contribution in [0.1, 0.15) is 27.7 Å². The van der Waals surface area contributed by atoms with Gasteiger partial charge in [0.25, 0.3) is 5.91 Å². The second-order valence-electron chi connectivity index (χ2n) is 6.96. The van der Waals surface area contributed by atoms with Crippen molar-refractivity contribution in [2.45, 2.75) is 25.9 Å². The Bertz CT molecular complexity index is 1120. The van der Waals surface area contributed by atoms with Gasteiger partial charge in [-0.15, -0.1) is 11.3 Å². The SMILES string of the molecule is COC(=O)c1c(NC(=O)C(C)Oc2cccc(Cl)c2)sc2c1-c1ccccc1CC2. The number of methoxy groups -OCH3 is 1. The number of benzene rings is 2. The molecule has 1 aliphatic carbocycles. The van der Waals surface area contributed by atoms with E-state index in [1.165, 1.54) is 24.0 Å². The molecule has 1 aromatic heterocycles. The van der Waals surface area contributed by atoms with Crippen molar-refractivity contribution in [3.63, 3.8) is 0 Å². The second-order valence-corrected chi connectivity index (χ2v) is 8.50. The maximum atomic E-state index is 12.8. The average molecular weight is 442 g/mol. The zero-order valence-electron chi connectivity index (χ0n) is 16.5. The van der Waals surface area contributed by atoms with E-state index in [2.05, 4.69) is 11.4 Å². The van der Waals surface area contributed by atoms with E-state index < -0.39 is 12.1 Å². The van der Waals surface area contributed by atoms with Gasteiger partial charge in [0.15, 0.2) is 6.10 Å². The highest BCUT2D eigenvalue weighted by Crippen LogP contribution is 2.45. The Balaban J connectivity index is 1.64. The summed E-state index contributed by atoms with van der Waals surface area (Å²) in [6.07, 6.45) is 0.928. The molecule has 30 heavy (non-hydrogen) atoms. The van der Waals surface area contributed by atoms with E-state index in [0.717, 1.165) is 28.8 Å². The number of halogens is 1. The van der Waals surface area contributed by atoms with Gasteiger partial charge in [-0.05, 0) is 49.1 Å². The van der Waals surface area contributed by atoms with Crippen LogP contribution in [-0.2, 0) is 22.4 Å². The van der Waals surface area contributed by atoms with Crippen molar-refractivity contribution in [1.82, 2.24) is 0 Å². The molecule has 0 radical (unpaired) electrons. The standard InChI is InChI=1S/C23H20ClNO4S/c1-13(29-16-8-5-7-15(24)12-16)21(26)25-22-20(23(27)28-2)19-17-9-4-3-6-14(17)10-11-18(19)30-22/h3-9,12-13H,10-11H2,1-2H3,(H,25,26). The zero-order chi connectivity index (χ0) is 21.3. The molecule has 2 aromatic carbocycles. The number of amides is 1. The molecule has 154 valence electrons. The van der Waals surface area contributed by atoms with Crippen LogP contribution in [0.15, 0.2) is 48.5 Å². The molecule has 3 aromatic rings. The fourth-order valence-corrected chi connectivity index (χ4v) is 4.95. The topological polar surface area (TPSA) is 64.6 Å². The van der Waals surface area contributed by atoms with Crippen LogP contribution >= 0.6 is 22.9 Å². The summed E-state index contributed by atoms with van der Waals surface area (Å²) in [4.78, 5) is 26.5. The van der Waals surface area contributed by atoms with Crippen LogP contribution in [-0.4, -0.2) is 25.1 Å². The van der Waals surface area contributed by atoms with Gasteiger partial charge in [-0.1, -0.05) is 41.9 Å². The van der Waals surface area contributed by atoms with Crippen LogP contribution in [0.4, 0.5) is 5.00 Å². The molecule has 0 fully saturated rings. The molecule has 1 heterocycles. The first-order valence-electron chi connectivity index (χ1n) is 9.53. The Morgan fingerprint density at radius 1 is 1.13 bits per heavy atom. The van der Waals surface area contributed by atoms with Gasteiger partial charge in [0.1, 0.15) is 16.3 Å². The van der Waals surface area contributed by atoms with E-state index in [0.29, 0.717) is 21.3 Å². The number of ether oxygens (including phenoxy) is 2. The third-order valence-corrected chi connectivity index (χ3v) is 6.39. The highest BCUT2D eigenvalue weighted by Gasteiger charge is 2.30. The molecule has 0 saturated carbocycles. The minimum atomic E-state index is -0.777. The number of fused-ring (bicyclic) bond motifs is 3. The van der Waals surface area contributed by atoms with Gasteiger partial charge in [-0.25, -0.2) is 4.79 Å². The first-order chi connectivity index (χ1) is 14.5. The minimum absolute atomic E-state index is 0.355. The fraction of sp³-hybridized carbons (Fsp3) is 0.217. The lowest BCUT2D eigenvalue weighted by atomic mass is 9.88. The predicted molar refractivity (Wildman–Crippen MR) is 119 cm³/mol. The van der Waals surface area contributed by atoms with Gasteiger partial charge in [0, 0.05) is 15.5 Å². The van der Waals surface area contributed by atoms with Gasteiger partial charge >= 0.3 is 5.97 Å². The molecule has 7 heteroatoms. The van der Waals surface area contributed by atoms with E-state index in [1.54, 1.807) is 31.2 Å². The normalized spacial score (nSPS) is 13.0. The van der Waals surface area contributed by atoms with Crippen LogP contribution in [0.3, 0.4) is 0 Å². The average Bonchev–Trinajstić information content (AvgIpc) is 3.11. The van der Waals surface area contributed by atoms with Gasteiger partial charge in [-0.2, -0.15) is 0 Å². The molecular weight excluding hydrogens is 422 g/mol. The van der Waals surface area contributed by atoms with Gasteiger partial charge < -0.3 is 14.8 Å². The van der Waals surface area contributed by atoms with E-state index in [1.807, 2.05) is 18.2 Å². The summed E-state index contributed by atoms with van der Waals surface area (Å²) < 4.78 is 10.7. The lowest BCUT2D eigenvalue weighted by Crippen LogP contribution is -2.30. The Hall–Kier alpha value is -2.83. The van der Waals surface area contributed by atoms with Crippen molar-refractivity contribution >= 4 is 39.8 Å². The molecule has 1 amide bonds. The van der Waals surface area contributed by atoms with Crippen LogP contribution in [0.2, 0.25) is 5.02 Å². The van der Waals surface area contributed by atoms with E-state index in [9.17, 15) is 9.59 Å². The number of nitrogens with one attached hydrogen (secondary N) is 1. The number of anilines is 1. The second kappa shape index (κ2) is 8.50. The molecule has 1 N–H and O–H groups in total. The maximum absolute atomic E-state index is 12.8. The van der Waals surface area contributed by atoms with Crippen LogP contribution in [0.5, 0.6) is 5.75 Å². The van der Waals surface area contributed by atoms with Crippen molar-refractivity contribution in [1.29, 1.82) is 0 Å². The van der Waals surface area contributed by atoms with Gasteiger partial charge in [0.05, 0.1) is 7.11 Å². The van der Waals surface area contributed by atoms with Gasteiger partial charge in [0.2, 0.25) is 0 Å². The van der Waals surface area contributed by atoms with E-state index in [-0.39, 0.29) is 5.91 Å². The number of hydrogen-bond acceptors (Lipinski definition) is 5. The first kappa shape index (κ1) is 20.4. The molecule has 0 bridgehead atoms. The highest BCUT2D eigenvalue weighted by atomic mass is 35.5. The summed E-state index contributed by atoms with van der Waals surface area (Å²) in [7, 11) is 1.34. The molecule has 1 aliphatic rings. The monoisotopic (exact) mass is 441 g/mol. The van der Waals surface area contributed by atoms with Crippen LogP contribution in [0, 0.1) is 0 Å². The smallest absolute Gasteiger partial charge is 0.341 e. The summed E-state index contributed by atoms with van der Waals surface area (Å²) in [5.41, 5.74) is 3.45. The minimum Gasteiger partial charge on any atom is -0.481 e. The van der Waals surface area contributed by atoms with Crippen molar-refractivity contribution in [3.8, 4) is 16.9 Å².